The first-order valence-corrected chi connectivity index (χ1v) is 7.05. The van der Waals surface area contributed by atoms with E-state index in [1.165, 1.54) is 0 Å². The highest BCUT2D eigenvalue weighted by atomic mass is 16.3. The van der Waals surface area contributed by atoms with Crippen molar-refractivity contribution in [2.45, 2.75) is 39.2 Å². The van der Waals surface area contributed by atoms with Crippen LogP contribution in [0.25, 0.3) is 0 Å². The zero-order chi connectivity index (χ0) is 14.4. The monoisotopic (exact) mass is 274 g/mol. The Balaban J connectivity index is 1.98. The lowest BCUT2D eigenvalue weighted by atomic mass is 10.1. The number of furan rings is 1. The Kier molecular flexibility index (Phi) is 4.98. The predicted molar refractivity (Wildman–Crippen MR) is 81.1 cm³/mol. The molecule has 1 unspecified atom stereocenters. The van der Waals surface area contributed by atoms with Gasteiger partial charge in [-0.05, 0) is 31.9 Å². The van der Waals surface area contributed by atoms with Crippen molar-refractivity contribution in [2.75, 3.05) is 17.7 Å². The van der Waals surface area contributed by atoms with Crippen LogP contribution < -0.4 is 10.6 Å². The third-order valence-electron chi connectivity index (χ3n) is 3.32. The third-order valence-corrected chi connectivity index (χ3v) is 3.32. The number of nitrogens with zero attached hydrogens (tertiary/aromatic N) is 2. The molecule has 0 saturated carbocycles. The van der Waals surface area contributed by atoms with Gasteiger partial charge in [0.25, 0.3) is 0 Å². The third kappa shape index (κ3) is 3.50. The molecule has 5 nitrogen and oxygen atoms in total. The van der Waals surface area contributed by atoms with Crippen LogP contribution >= 0.6 is 0 Å². The molecule has 0 aliphatic heterocycles. The maximum absolute atomic E-state index is 5.35. The minimum atomic E-state index is 0.324. The zero-order valence-corrected chi connectivity index (χ0v) is 12.3. The molecule has 0 aliphatic rings. The predicted octanol–water partition coefficient (Wildman–Crippen LogP) is 3.11. The fraction of sp³-hybridized carbons (Fsp3) is 0.467. The molecule has 2 rings (SSSR count). The average molecular weight is 274 g/mol. The van der Waals surface area contributed by atoms with Crippen LogP contribution in [-0.4, -0.2) is 23.1 Å². The molecule has 0 radical (unpaired) electrons. The number of nitrogens with one attached hydrogen (secondary N) is 2. The highest BCUT2D eigenvalue weighted by Gasteiger charge is 2.11. The lowest BCUT2D eigenvalue weighted by Crippen LogP contribution is -2.18. The summed E-state index contributed by atoms with van der Waals surface area (Å²) in [4.78, 5) is 8.60. The zero-order valence-electron chi connectivity index (χ0n) is 12.3. The highest BCUT2D eigenvalue weighted by Crippen LogP contribution is 2.21. The molecule has 5 heteroatoms. The second-order valence-corrected chi connectivity index (χ2v) is 4.82. The minimum absolute atomic E-state index is 0.324. The van der Waals surface area contributed by atoms with E-state index in [1.807, 2.05) is 19.2 Å². The summed E-state index contributed by atoms with van der Waals surface area (Å²) >= 11 is 0. The van der Waals surface area contributed by atoms with E-state index < -0.39 is 0 Å². The number of hydrogen-bond acceptors (Lipinski definition) is 5. The van der Waals surface area contributed by atoms with Crippen LogP contribution in [0.1, 0.15) is 31.6 Å². The van der Waals surface area contributed by atoms with Gasteiger partial charge in [0.05, 0.1) is 6.26 Å². The summed E-state index contributed by atoms with van der Waals surface area (Å²) in [6.45, 7) is 4.27. The molecule has 20 heavy (non-hydrogen) atoms. The van der Waals surface area contributed by atoms with Gasteiger partial charge in [0.1, 0.15) is 23.7 Å². The molecule has 0 aliphatic carbocycles. The first-order chi connectivity index (χ1) is 9.74. The fourth-order valence-electron chi connectivity index (χ4n) is 2.21. The molecule has 108 valence electrons. The van der Waals surface area contributed by atoms with Crippen molar-refractivity contribution in [3.8, 4) is 0 Å². The average Bonchev–Trinajstić information content (AvgIpc) is 2.98. The van der Waals surface area contributed by atoms with Crippen molar-refractivity contribution >= 4 is 11.6 Å². The Morgan fingerprint density at radius 1 is 1.30 bits per heavy atom. The molecule has 2 aromatic heterocycles. The molecular formula is C15H22N4O. The van der Waals surface area contributed by atoms with E-state index >= 15 is 0 Å². The van der Waals surface area contributed by atoms with Crippen LogP contribution in [0.2, 0.25) is 0 Å². The molecule has 1 atom stereocenters. The van der Waals surface area contributed by atoms with Crippen molar-refractivity contribution < 1.29 is 4.42 Å². The number of hydrogen-bond donors (Lipinski definition) is 2. The van der Waals surface area contributed by atoms with Gasteiger partial charge in [0.2, 0.25) is 0 Å². The standard InChI is InChI=1S/C15H22N4O/c1-4-13-14(16-3)17-10-18-15(13)19-11(2)7-8-12-6-5-9-20-12/h5-6,9-11H,4,7-8H2,1-3H3,(H2,16,17,18,19). The van der Waals surface area contributed by atoms with E-state index in [0.29, 0.717) is 6.04 Å². The SMILES string of the molecule is CCc1c(NC)ncnc1NC(C)CCc1ccco1. The lowest BCUT2D eigenvalue weighted by molar-refractivity contribution is 0.494. The normalized spacial score (nSPS) is 12.2. The summed E-state index contributed by atoms with van der Waals surface area (Å²) in [6, 6.07) is 4.25. The first-order valence-electron chi connectivity index (χ1n) is 7.05. The molecule has 0 saturated heterocycles. The van der Waals surface area contributed by atoms with E-state index in [2.05, 4.69) is 34.4 Å². The van der Waals surface area contributed by atoms with Crippen LogP contribution in [0.5, 0.6) is 0 Å². The highest BCUT2D eigenvalue weighted by molar-refractivity contribution is 5.57. The molecule has 2 N–H and O–H groups in total. The smallest absolute Gasteiger partial charge is 0.134 e. The van der Waals surface area contributed by atoms with Crippen LogP contribution in [-0.2, 0) is 12.8 Å². The van der Waals surface area contributed by atoms with Gasteiger partial charge in [-0.25, -0.2) is 9.97 Å². The van der Waals surface area contributed by atoms with E-state index in [1.54, 1.807) is 12.6 Å². The van der Waals surface area contributed by atoms with E-state index in [9.17, 15) is 0 Å². The van der Waals surface area contributed by atoms with Gasteiger partial charge in [-0.15, -0.1) is 0 Å². The Morgan fingerprint density at radius 2 is 2.10 bits per heavy atom. The molecule has 2 aromatic rings. The Morgan fingerprint density at radius 3 is 2.75 bits per heavy atom. The number of rotatable bonds is 7. The molecule has 2 heterocycles. The van der Waals surface area contributed by atoms with Crippen LogP contribution in [0.4, 0.5) is 11.6 Å². The van der Waals surface area contributed by atoms with Gasteiger partial charge in [-0.2, -0.15) is 0 Å². The fourth-order valence-corrected chi connectivity index (χ4v) is 2.21. The molecular weight excluding hydrogens is 252 g/mol. The van der Waals surface area contributed by atoms with Gasteiger partial charge in [-0.1, -0.05) is 6.92 Å². The minimum Gasteiger partial charge on any atom is -0.469 e. The quantitative estimate of drug-likeness (QED) is 0.812. The van der Waals surface area contributed by atoms with Crippen molar-refractivity contribution in [3.05, 3.63) is 36.0 Å². The van der Waals surface area contributed by atoms with E-state index in [4.69, 9.17) is 4.42 Å². The van der Waals surface area contributed by atoms with Crippen molar-refractivity contribution in [1.29, 1.82) is 0 Å². The Labute approximate surface area is 119 Å². The Bertz CT molecular complexity index is 525. The first kappa shape index (κ1) is 14.4. The largest absolute Gasteiger partial charge is 0.469 e. The van der Waals surface area contributed by atoms with Crippen molar-refractivity contribution in [1.82, 2.24) is 9.97 Å². The summed E-state index contributed by atoms with van der Waals surface area (Å²) in [7, 11) is 1.88. The Hall–Kier alpha value is -2.04. The van der Waals surface area contributed by atoms with Crippen LogP contribution in [0.3, 0.4) is 0 Å². The van der Waals surface area contributed by atoms with Crippen LogP contribution in [0.15, 0.2) is 29.1 Å². The van der Waals surface area contributed by atoms with E-state index in [0.717, 1.165) is 42.2 Å². The summed E-state index contributed by atoms with van der Waals surface area (Å²) in [5.41, 5.74) is 1.12. The number of anilines is 2. The van der Waals surface area contributed by atoms with Gasteiger partial charge in [-0.3, -0.25) is 0 Å². The molecule has 0 aromatic carbocycles. The topological polar surface area (TPSA) is 63.0 Å². The maximum atomic E-state index is 5.35. The van der Waals surface area contributed by atoms with Gasteiger partial charge < -0.3 is 15.1 Å². The number of aromatic nitrogens is 2. The second kappa shape index (κ2) is 6.93. The van der Waals surface area contributed by atoms with Gasteiger partial charge in [0.15, 0.2) is 0 Å². The maximum Gasteiger partial charge on any atom is 0.134 e. The summed E-state index contributed by atoms with van der Waals surface area (Å²) in [5, 5.41) is 6.57. The molecule has 0 spiro atoms. The molecule has 0 bridgehead atoms. The van der Waals surface area contributed by atoms with Crippen LogP contribution in [0, 0.1) is 0 Å². The summed E-state index contributed by atoms with van der Waals surface area (Å²) in [5.74, 6) is 2.83. The van der Waals surface area contributed by atoms with Crippen molar-refractivity contribution in [3.63, 3.8) is 0 Å². The van der Waals surface area contributed by atoms with Gasteiger partial charge in [0, 0.05) is 25.1 Å². The number of aryl methyl sites for hydroxylation is 1. The summed E-state index contributed by atoms with van der Waals surface area (Å²) < 4.78 is 5.35. The van der Waals surface area contributed by atoms with E-state index in [-0.39, 0.29) is 0 Å². The molecule has 0 fully saturated rings. The van der Waals surface area contributed by atoms with Gasteiger partial charge >= 0.3 is 0 Å². The second-order valence-electron chi connectivity index (χ2n) is 4.82. The molecule has 0 amide bonds. The van der Waals surface area contributed by atoms with Crippen molar-refractivity contribution in [2.24, 2.45) is 0 Å². The lowest BCUT2D eigenvalue weighted by Gasteiger charge is -2.17. The summed E-state index contributed by atoms with van der Waals surface area (Å²) in [6.07, 6.45) is 6.12.